The summed E-state index contributed by atoms with van der Waals surface area (Å²) < 4.78 is 37.5. The highest BCUT2D eigenvalue weighted by molar-refractivity contribution is 5.95. The number of benzene rings is 1. The van der Waals surface area contributed by atoms with Crippen molar-refractivity contribution in [1.29, 1.82) is 0 Å². The second-order valence-corrected chi connectivity index (χ2v) is 30.7. The van der Waals surface area contributed by atoms with E-state index in [-0.39, 0.29) is 66.4 Å². The number of aliphatic hydroxyl groups is 3. The number of aliphatic hydroxyl groups excluding tert-OH is 3. The topological polar surface area (TPSA) is 181 Å². The maximum absolute atomic E-state index is 17.1. The molecule has 26 atom stereocenters. The first-order valence-electron chi connectivity index (χ1n) is 32.2. The number of nitrogens with zero attached hydrogens (tertiary/aromatic N) is 1. The number of Topliss-reactive ketones (excluding diaryl/α,β-unsaturated/α-hetero) is 1. The average molecular weight is 1110 g/mol. The van der Waals surface area contributed by atoms with Gasteiger partial charge in [0, 0.05) is 41.3 Å². The molecule has 10 aliphatic carbocycles. The van der Waals surface area contributed by atoms with E-state index in [4.69, 9.17) is 23.4 Å². The van der Waals surface area contributed by atoms with Crippen LogP contribution in [0.1, 0.15) is 120 Å². The minimum absolute atomic E-state index is 0.00425. The molecule has 4 N–H and O–H groups in total. The first-order chi connectivity index (χ1) is 39.7. The van der Waals surface area contributed by atoms with Gasteiger partial charge in [-0.2, -0.15) is 0 Å². The number of hydrogen-bond donors (Lipinski definition) is 4. The molecule has 0 unspecified atom stereocenters. The summed E-state index contributed by atoms with van der Waals surface area (Å²) in [5.41, 5.74) is -6.43. The lowest BCUT2D eigenvalue weighted by atomic mass is 9.27. The number of nitrogens with one attached hydrogen (secondary N) is 1. The van der Waals surface area contributed by atoms with E-state index in [0.29, 0.717) is 68.6 Å². The van der Waals surface area contributed by atoms with Crippen LogP contribution in [-0.2, 0) is 58.2 Å². The molecule has 0 amide bonds. The Morgan fingerprint density at radius 2 is 1.85 bits per heavy atom. The molecule has 1 aromatic heterocycles. The van der Waals surface area contributed by atoms with Crippen LogP contribution in [-0.4, -0.2) is 106 Å². The van der Waals surface area contributed by atoms with Crippen LogP contribution in [0, 0.1) is 116 Å². The van der Waals surface area contributed by atoms with Gasteiger partial charge in [0.2, 0.25) is 0 Å². The molecule has 8 heterocycles. The van der Waals surface area contributed by atoms with E-state index in [1.165, 1.54) is 5.56 Å². The minimum atomic E-state index is -1.56. The molecule has 7 saturated carbocycles. The van der Waals surface area contributed by atoms with Gasteiger partial charge >= 0.3 is 11.9 Å². The maximum atomic E-state index is 17.1. The summed E-state index contributed by atoms with van der Waals surface area (Å²) in [4.78, 5) is 51.7. The monoisotopic (exact) mass is 1110 g/mol. The van der Waals surface area contributed by atoms with E-state index >= 15 is 14.4 Å². The number of epoxide rings is 1. The van der Waals surface area contributed by atoms with Crippen molar-refractivity contribution in [3.8, 4) is 11.8 Å². The summed E-state index contributed by atoms with van der Waals surface area (Å²) >= 11 is 0. The molecule has 430 valence electrons. The van der Waals surface area contributed by atoms with Gasteiger partial charge in [0.25, 0.3) is 0 Å². The molecule has 19 rings (SSSR count). The molecule has 1 aromatic carbocycles. The number of hydrogen-bond acceptors (Lipinski definition) is 13. The van der Waals surface area contributed by atoms with Crippen molar-refractivity contribution in [3.63, 3.8) is 0 Å². The third-order valence-corrected chi connectivity index (χ3v) is 28.5. The molecule has 7 spiro atoms. The Morgan fingerprint density at radius 1 is 0.976 bits per heavy atom. The number of carbonyl (C=O) groups excluding carboxylic acids is 3. The van der Waals surface area contributed by atoms with Crippen molar-refractivity contribution in [3.05, 3.63) is 95.1 Å². The van der Waals surface area contributed by atoms with Crippen molar-refractivity contribution in [2.45, 2.75) is 163 Å². The number of carbonyl (C=O) groups is 3. The van der Waals surface area contributed by atoms with Crippen LogP contribution in [0.2, 0.25) is 0 Å². The molecule has 7 aliphatic heterocycles. The summed E-state index contributed by atoms with van der Waals surface area (Å²) in [6, 6.07) is 11.1. The van der Waals surface area contributed by atoms with E-state index in [1.54, 1.807) is 0 Å². The van der Waals surface area contributed by atoms with E-state index in [2.05, 4.69) is 96.7 Å². The van der Waals surface area contributed by atoms with Gasteiger partial charge in [0.1, 0.15) is 35.1 Å². The Balaban J connectivity index is 0.856. The second kappa shape index (κ2) is 15.7. The molecule has 5 saturated heterocycles. The lowest BCUT2D eigenvalue weighted by molar-refractivity contribution is -0.324. The highest BCUT2D eigenvalue weighted by Crippen LogP contribution is 2.93. The minimum Gasteiger partial charge on any atom is -0.469 e. The lowest BCUT2D eigenvalue weighted by Crippen LogP contribution is -2.85. The summed E-state index contributed by atoms with van der Waals surface area (Å²) in [5.74, 6) is 6.32. The van der Waals surface area contributed by atoms with Gasteiger partial charge in [-0.1, -0.05) is 73.4 Å². The number of ketones is 1. The first kappa shape index (κ1) is 49.7. The molecular weight excluding hydrogens is 1030 g/mol. The predicted octanol–water partition coefficient (Wildman–Crippen LogP) is 7.29. The van der Waals surface area contributed by atoms with Crippen LogP contribution in [0.4, 0.5) is 0 Å². The Bertz CT molecular complexity index is 3380. The van der Waals surface area contributed by atoms with Gasteiger partial charge in [-0.25, -0.2) is 4.79 Å². The largest absolute Gasteiger partial charge is 0.469 e. The van der Waals surface area contributed by atoms with Gasteiger partial charge in [-0.15, -0.1) is 0 Å². The quantitative estimate of drug-likeness (QED) is 0.0941. The van der Waals surface area contributed by atoms with Crippen molar-refractivity contribution in [2.24, 2.45) is 104 Å². The van der Waals surface area contributed by atoms with E-state index < -0.39 is 97.4 Å². The Hall–Kier alpha value is -4.55. The zero-order valence-corrected chi connectivity index (χ0v) is 47.4. The van der Waals surface area contributed by atoms with Gasteiger partial charge in [0.15, 0.2) is 17.5 Å². The zero-order valence-electron chi connectivity index (χ0n) is 47.4. The third kappa shape index (κ3) is 5.10. The SMILES string of the molecule is C[C@]12C[C@H]3C[C@]45C[C@@H]6C=C[C@@]47C(=O)OC[C@@]48[C@@H]3[C@]3([C@H](O)C(=O)[C@@H]4[C@]4(C)CC=C(C[C@H]5C6)[C@@]87O4)[C@@H]4C[C@H](Cc5ccccc5)CC[C@H]4C#C[C@H]4CCc5coc(C[C@@H]([C@H]6CC[C@H]7[C@H](C=CN8CNC[C@H]78)C6)[C@H](O)CO)c5[C@@]41OC(=O)[C@H]1O[C@@]132. The van der Waals surface area contributed by atoms with Gasteiger partial charge in [-0.3, -0.25) is 14.9 Å². The smallest absolute Gasteiger partial charge is 0.339 e. The normalized spacial score (nSPS) is 54.0. The number of aryl methyl sites for hydroxylation is 1. The molecule has 13 heteroatoms. The van der Waals surface area contributed by atoms with Crippen molar-refractivity contribution < 1.29 is 53.1 Å². The molecule has 0 radical (unpaired) electrons. The second-order valence-electron chi connectivity index (χ2n) is 30.7. The molecule has 82 heavy (non-hydrogen) atoms. The number of rotatable bonds is 7. The first-order valence-corrected chi connectivity index (χ1v) is 32.2. The van der Waals surface area contributed by atoms with Gasteiger partial charge in [0.05, 0.1) is 48.5 Å². The molecule has 17 aliphatic rings. The predicted molar refractivity (Wildman–Crippen MR) is 295 cm³/mol. The van der Waals surface area contributed by atoms with E-state index in [1.807, 2.05) is 6.26 Å². The van der Waals surface area contributed by atoms with E-state index in [0.717, 1.165) is 87.7 Å². The number of ether oxygens (including phenoxy) is 4. The Labute approximate surface area is 479 Å². The van der Waals surface area contributed by atoms with Gasteiger partial charge in [-0.05, 0) is 191 Å². The van der Waals surface area contributed by atoms with Crippen LogP contribution >= 0.6 is 0 Å². The van der Waals surface area contributed by atoms with Crippen LogP contribution in [0.5, 0.6) is 0 Å². The number of allylic oxidation sites excluding steroid dienone is 2. The average Bonchev–Trinajstić information content (AvgIpc) is 1.39. The maximum Gasteiger partial charge on any atom is 0.339 e. The number of esters is 2. The van der Waals surface area contributed by atoms with Crippen LogP contribution in [0.25, 0.3) is 0 Å². The van der Waals surface area contributed by atoms with Crippen LogP contribution in [0.15, 0.2) is 77.1 Å². The fraction of sp³-hybridized carbons (Fsp3) is 0.696. The molecular formula is C69H78N2O11. The van der Waals surface area contributed by atoms with Crippen LogP contribution in [0.3, 0.4) is 0 Å². The van der Waals surface area contributed by atoms with Crippen molar-refractivity contribution in [1.82, 2.24) is 10.2 Å². The Morgan fingerprint density at radius 3 is 2.72 bits per heavy atom. The molecule has 2 aromatic rings. The fourth-order valence-corrected chi connectivity index (χ4v) is 26.5. The van der Waals surface area contributed by atoms with E-state index in [9.17, 15) is 15.3 Å². The van der Waals surface area contributed by atoms with Crippen molar-refractivity contribution in [2.75, 3.05) is 26.4 Å². The summed E-state index contributed by atoms with van der Waals surface area (Å²) in [7, 11) is 0. The zero-order chi connectivity index (χ0) is 55.1. The molecule has 13 nitrogen and oxygen atoms in total. The highest BCUT2D eigenvalue weighted by Gasteiger charge is 3.01. The van der Waals surface area contributed by atoms with Crippen molar-refractivity contribution >= 4 is 17.7 Å². The molecule has 12 fully saturated rings. The number of fused-ring (bicyclic) bond motifs is 8. The highest BCUT2D eigenvalue weighted by atomic mass is 16.7. The van der Waals surface area contributed by atoms with Gasteiger partial charge < -0.3 is 43.6 Å². The summed E-state index contributed by atoms with van der Waals surface area (Å²) in [6.45, 7) is 5.85. The lowest BCUT2D eigenvalue weighted by Gasteiger charge is -2.75. The Kier molecular flexibility index (Phi) is 9.52. The molecule has 10 bridgehead atoms. The summed E-state index contributed by atoms with van der Waals surface area (Å²) in [5, 5.41) is 41.5. The standard InChI is InChI=1S/C69H78N2O11/c1-61-19-17-45-26-46-23-38-16-20-65-60(77)79-34-64(68(45,65)82-61)55-43(30-63(46,65)28-38)29-62(2)67-44(14-11-42-33-78-52(53(42)67)27-48(51(73)32-72)40-12-15-47-41(25-40)18-21-71-35-70-31-50(47)71)13-10-39-9-8-37(22-36-6-4-3-5-7-36)24-49(39)66(55,57(75)54(74)56(61)64)69(62)58(80-69)59(76)81-67/h3-7,16-18,20-21,33,37-41,43-44,46-51,55-58,70,72-73,75H,8-9,11-12,14-15,19,22-32,34-35H2,1-2H3/t37-,38+,39-,40-,41+,43-,44-,46+,47-,48-,49+,50+,51+,55+,56+,57+,58+,61-,62-,63-,64+,65+,66-,67-,68+,69+/m0/s1. The number of furan rings is 1. The third-order valence-electron chi connectivity index (χ3n) is 28.5. The summed E-state index contributed by atoms with van der Waals surface area (Å²) in [6.07, 6.45) is 21.7. The number of cyclic esters (lactones) is 1. The van der Waals surface area contributed by atoms with Crippen LogP contribution < -0.4 is 5.32 Å². The fourth-order valence-electron chi connectivity index (χ4n) is 26.5.